The molecule has 3 heteroatoms. The van der Waals surface area contributed by atoms with E-state index in [-0.39, 0.29) is 0 Å². The Labute approximate surface area is 228 Å². The van der Waals surface area contributed by atoms with E-state index in [9.17, 15) is 0 Å². The second kappa shape index (κ2) is 7.83. The third-order valence-electron chi connectivity index (χ3n) is 8.10. The smallest absolute Gasteiger partial charge is 0.111 e. The molecule has 9 aromatic rings. The van der Waals surface area contributed by atoms with Gasteiger partial charge >= 0.3 is 0 Å². The molecule has 39 heavy (non-hydrogen) atoms. The SMILES string of the molecule is c1ccc(-n2c3ccc4ccccc4c3c3c4c5c6ccccc6ccc5n(-c5ccccc5)c4sc32)cc1. The molecule has 0 aliphatic carbocycles. The van der Waals surface area contributed by atoms with Gasteiger partial charge in [-0.25, -0.2) is 0 Å². The zero-order valence-corrected chi connectivity index (χ0v) is 21.8. The Morgan fingerprint density at radius 3 is 1.23 bits per heavy atom. The van der Waals surface area contributed by atoms with E-state index in [0.29, 0.717) is 0 Å². The highest BCUT2D eigenvalue weighted by atomic mass is 32.1. The van der Waals surface area contributed by atoms with Crippen LogP contribution >= 0.6 is 11.3 Å². The molecule has 9 rings (SSSR count). The maximum atomic E-state index is 2.47. The lowest BCUT2D eigenvalue weighted by molar-refractivity contribution is 1.19. The first-order valence-electron chi connectivity index (χ1n) is 13.3. The summed E-state index contributed by atoms with van der Waals surface area (Å²) in [5, 5.41) is 10.5. The van der Waals surface area contributed by atoms with Crippen molar-refractivity contribution < 1.29 is 0 Å². The van der Waals surface area contributed by atoms with Crippen LogP contribution in [0.25, 0.3) is 75.2 Å². The summed E-state index contributed by atoms with van der Waals surface area (Å²) in [5.41, 5.74) is 4.89. The molecule has 0 atom stereocenters. The average molecular weight is 515 g/mol. The topological polar surface area (TPSA) is 9.86 Å². The molecule has 0 radical (unpaired) electrons. The molecule has 2 nitrogen and oxygen atoms in total. The largest absolute Gasteiger partial charge is 0.301 e. The predicted molar refractivity (Wildman–Crippen MR) is 168 cm³/mol. The van der Waals surface area contributed by atoms with Gasteiger partial charge in [0.05, 0.1) is 11.0 Å². The number of hydrogen-bond donors (Lipinski definition) is 0. The molecule has 0 aliphatic rings. The summed E-state index contributed by atoms with van der Waals surface area (Å²) in [6.07, 6.45) is 0. The standard InChI is InChI=1S/C36H22N2S/c1-3-13-25(14-4-1)37-29-21-19-23-11-7-9-17-27(23)31(29)33-34-32-28-18-10-8-12-24(28)20-22-30(32)38(36(34)39-35(33)37)26-15-5-2-6-16-26/h1-22H. The number of thiophene rings is 1. The number of rotatable bonds is 2. The van der Waals surface area contributed by atoms with Crippen LogP contribution in [0, 0.1) is 0 Å². The first-order valence-corrected chi connectivity index (χ1v) is 14.1. The van der Waals surface area contributed by atoms with Crippen LogP contribution in [0.1, 0.15) is 0 Å². The van der Waals surface area contributed by atoms with Crippen LogP contribution in [0.2, 0.25) is 0 Å². The Morgan fingerprint density at radius 1 is 0.359 bits per heavy atom. The fourth-order valence-corrected chi connectivity index (χ4v) is 7.88. The number of nitrogens with zero attached hydrogens (tertiary/aromatic N) is 2. The van der Waals surface area contributed by atoms with E-state index < -0.39 is 0 Å². The molecule has 0 aliphatic heterocycles. The number of para-hydroxylation sites is 2. The third-order valence-corrected chi connectivity index (χ3v) is 9.26. The van der Waals surface area contributed by atoms with Crippen molar-refractivity contribution >= 4 is 75.1 Å². The maximum Gasteiger partial charge on any atom is 0.111 e. The van der Waals surface area contributed by atoms with Crippen LogP contribution in [0.15, 0.2) is 133 Å². The summed E-state index contributed by atoms with van der Waals surface area (Å²) in [6.45, 7) is 0. The molecule has 0 unspecified atom stereocenters. The van der Waals surface area contributed by atoms with E-state index >= 15 is 0 Å². The second-order valence-corrected chi connectivity index (χ2v) is 11.1. The molecule has 0 fully saturated rings. The number of aromatic nitrogens is 2. The average Bonchev–Trinajstić information content (AvgIpc) is 3.63. The zero-order chi connectivity index (χ0) is 25.5. The lowest BCUT2D eigenvalue weighted by Crippen LogP contribution is -1.93. The summed E-state index contributed by atoms with van der Waals surface area (Å²) in [7, 11) is 0. The molecule has 3 heterocycles. The van der Waals surface area contributed by atoms with E-state index in [1.807, 2.05) is 11.3 Å². The van der Waals surface area contributed by atoms with E-state index in [1.165, 1.54) is 75.2 Å². The molecule has 0 saturated heterocycles. The van der Waals surface area contributed by atoms with Crippen LogP contribution in [-0.2, 0) is 0 Å². The monoisotopic (exact) mass is 514 g/mol. The van der Waals surface area contributed by atoms with Crippen LogP contribution in [0.5, 0.6) is 0 Å². The van der Waals surface area contributed by atoms with E-state index in [0.717, 1.165) is 0 Å². The van der Waals surface area contributed by atoms with Gasteiger partial charge in [-0.1, -0.05) is 108 Å². The molecule has 0 saturated carbocycles. The Hall–Kier alpha value is -4.86. The van der Waals surface area contributed by atoms with Gasteiger partial charge in [-0.05, 0) is 57.9 Å². The predicted octanol–water partition coefficient (Wildman–Crippen LogP) is 10.2. The number of hydrogen-bond acceptors (Lipinski definition) is 1. The van der Waals surface area contributed by atoms with Crippen molar-refractivity contribution in [1.29, 1.82) is 0 Å². The Kier molecular flexibility index (Phi) is 4.24. The van der Waals surface area contributed by atoms with E-state index in [1.54, 1.807) is 0 Å². The van der Waals surface area contributed by atoms with Crippen molar-refractivity contribution in [3.63, 3.8) is 0 Å². The first-order chi connectivity index (χ1) is 19.4. The summed E-state index contributed by atoms with van der Waals surface area (Å²) in [5.74, 6) is 0. The van der Waals surface area contributed by atoms with Gasteiger partial charge in [0.25, 0.3) is 0 Å². The Morgan fingerprint density at radius 2 is 0.769 bits per heavy atom. The minimum atomic E-state index is 1.19. The molecular formula is C36H22N2S. The minimum Gasteiger partial charge on any atom is -0.301 e. The highest BCUT2D eigenvalue weighted by Gasteiger charge is 2.25. The molecule has 0 bridgehead atoms. The lowest BCUT2D eigenvalue weighted by atomic mass is 10.0. The summed E-state index contributed by atoms with van der Waals surface area (Å²) >= 11 is 1.90. The molecular weight excluding hydrogens is 492 g/mol. The lowest BCUT2D eigenvalue weighted by Gasteiger charge is -2.08. The van der Waals surface area contributed by atoms with Gasteiger partial charge < -0.3 is 9.13 Å². The van der Waals surface area contributed by atoms with Crippen LogP contribution in [0.3, 0.4) is 0 Å². The Balaban J connectivity index is 1.62. The molecule has 0 N–H and O–H groups in total. The van der Waals surface area contributed by atoms with Gasteiger partial charge in [-0.3, -0.25) is 0 Å². The summed E-state index contributed by atoms with van der Waals surface area (Å²) in [6, 6.07) is 48.4. The van der Waals surface area contributed by atoms with Gasteiger partial charge in [0.1, 0.15) is 9.66 Å². The van der Waals surface area contributed by atoms with Crippen LogP contribution < -0.4 is 0 Å². The van der Waals surface area contributed by atoms with Crippen molar-refractivity contribution in [3.05, 3.63) is 133 Å². The molecule has 0 spiro atoms. The number of benzene rings is 6. The summed E-state index contributed by atoms with van der Waals surface area (Å²) in [4.78, 5) is 2.58. The third kappa shape index (κ3) is 2.80. The van der Waals surface area contributed by atoms with E-state index in [2.05, 4.69) is 143 Å². The number of fused-ring (bicyclic) bond motifs is 11. The van der Waals surface area contributed by atoms with Crippen molar-refractivity contribution in [2.45, 2.75) is 0 Å². The zero-order valence-electron chi connectivity index (χ0n) is 21.0. The van der Waals surface area contributed by atoms with Crippen molar-refractivity contribution in [3.8, 4) is 11.4 Å². The van der Waals surface area contributed by atoms with Gasteiger partial charge in [-0.2, -0.15) is 0 Å². The molecule has 182 valence electrons. The molecule has 0 amide bonds. The van der Waals surface area contributed by atoms with Crippen molar-refractivity contribution in [2.24, 2.45) is 0 Å². The van der Waals surface area contributed by atoms with Gasteiger partial charge in [0, 0.05) is 32.9 Å². The quantitative estimate of drug-likeness (QED) is 0.217. The van der Waals surface area contributed by atoms with Crippen LogP contribution in [0.4, 0.5) is 0 Å². The first kappa shape index (κ1) is 21.1. The molecule has 6 aromatic carbocycles. The maximum absolute atomic E-state index is 2.47. The van der Waals surface area contributed by atoms with Crippen LogP contribution in [-0.4, -0.2) is 9.13 Å². The van der Waals surface area contributed by atoms with Gasteiger partial charge in [-0.15, -0.1) is 0 Å². The van der Waals surface area contributed by atoms with Crippen molar-refractivity contribution in [2.75, 3.05) is 0 Å². The molecule has 3 aromatic heterocycles. The minimum absolute atomic E-state index is 1.19. The Bertz CT molecular complexity index is 2200. The second-order valence-electron chi connectivity index (χ2n) is 10.2. The highest BCUT2D eigenvalue weighted by molar-refractivity contribution is 7.26. The normalized spacial score (nSPS) is 12.1. The fraction of sp³-hybridized carbons (Fsp3) is 0. The van der Waals surface area contributed by atoms with Crippen molar-refractivity contribution in [1.82, 2.24) is 9.13 Å². The van der Waals surface area contributed by atoms with Gasteiger partial charge in [0.2, 0.25) is 0 Å². The van der Waals surface area contributed by atoms with E-state index in [4.69, 9.17) is 0 Å². The highest BCUT2D eigenvalue weighted by Crippen LogP contribution is 2.50. The van der Waals surface area contributed by atoms with Gasteiger partial charge in [0.15, 0.2) is 0 Å². The summed E-state index contributed by atoms with van der Waals surface area (Å²) < 4.78 is 4.93. The fourth-order valence-electron chi connectivity index (χ4n) is 6.49.